The highest BCUT2D eigenvalue weighted by Crippen LogP contribution is 2.14. The van der Waals surface area contributed by atoms with Crippen LogP contribution in [0.4, 0.5) is 0 Å². The quantitative estimate of drug-likeness (QED) is 0.322. The first-order valence-electron chi connectivity index (χ1n) is 5.33. The first kappa shape index (κ1) is 11.8. The maximum Gasteiger partial charge on any atom is 0.276 e. The van der Waals surface area contributed by atoms with E-state index in [9.17, 15) is 9.90 Å². The van der Waals surface area contributed by atoms with Gasteiger partial charge in [0.15, 0.2) is 5.65 Å². The number of fused-ring (bicyclic) bond motifs is 1. The molecule has 0 bridgehead atoms. The van der Waals surface area contributed by atoms with Crippen LogP contribution in [-0.2, 0) is 6.42 Å². The molecule has 0 saturated carbocycles. The van der Waals surface area contributed by atoms with Gasteiger partial charge in [0.05, 0.1) is 5.56 Å². The number of hydrogen-bond donors (Lipinski definition) is 4. The topological polar surface area (TPSA) is 108 Å². The highest BCUT2D eigenvalue weighted by molar-refractivity contribution is 5.48. The normalized spacial score (nSPS) is 13.2. The molecular weight excluding hydrogens is 222 g/mol. The Kier molecular flexibility index (Phi) is 2.97. The van der Waals surface area contributed by atoms with Gasteiger partial charge in [0.2, 0.25) is 0 Å². The van der Waals surface area contributed by atoms with Crippen molar-refractivity contribution in [3.05, 3.63) is 33.4 Å². The number of nitrogens with zero attached hydrogens (tertiary/aromatic N) is 2. The Bertz CT molecular complexity index is 600. The van der Waals surface area contributed by atoms with Gasteiger partial charge in [-0.3, -0.25) is 15.7 Å². The van der Waals surface area contributed by atoms with Crippen LogP contribution >= 0.6 is 0 Å². The molecule has 92 valence electrons. The number of hydrazine groups is 1. The van der Waals surface area contributed by atoms with Crippen molar-refractivity contribution < 1.29 is 5.11 Å². The maximum atomic E-state index is 12.1. The smallest absolute Gasteiger partial charge is 0.276 e. The molecule has 7 nitrogen and oxygen atoms in total. The van der Waals surface area contributed by atoms with Gasteiger partial charge >= 0.3 is 0 Å². The highest BCUT2D eigenvalue weighted by atomic mass is 16.3. The predicted octanol–water partition coefficient (Wildman–Crippen LogP) is -0.652. The van der Waals surface area contributed by atoms with E-state index in [1.165, 1.54) is 10.7 Å². The Morgan fingerprint density at radius 3 is 3.00 bits per heavy atom. The molecule has 5 N–H and O–H groups in total. The van der Waals surface area contributed by atoms with Crippen molar-refractivity contribution >= 4 is 5.65 Å². The summed E-state index contributed by atoms with van der Waals surface area (Å²) >= 11 is 0. The number of aliphatic hydroxyl groups excluding tert-OH is 1. The monoisotopic (exact) mass is 237 g/mol. The zero-order valence-corrected chi connectivity index (χ0v) is 9.69. The zero-order valence-electron chi connectivity index (χ0n) is 9.69. The molecule has 2 rings (SSSR count). The van der Waals surface area contributed by atoms with Crippen molar-refractivity contribution in [2.24, 2.45) is 5.84 Å². The summed E-state index contributed by atoms with van der Waals surface area (Å²) in [5, 5.41) is 12.4. The zero-order chi connectivity index (χ0) is 12.6. The average Bonchev–Trinajstić information content (AvgIpc) is 2.72. The van der Waals surface area contributed by atoms with Gasteiger partial charge in [0.1, 0.15) is 6.23 Å². The third-order valence-electron chi connectivity index (χ3n) is 2.80. The summed E-state index contributed by atoms with van der Waals surface area (Å²) in [5.41, 5.74) is 4.21. The van der Waals surface area contributed by atoms with Crippen LogP contribution < -0.4 is 16.8 Å². The van der Waals surface area contributed by atoms with Gasteiger partial charge in [0.25, 0.3) is 5.56 Å². The van der Waals surface area contributed by atoms with Crippen LogP contribution in [0.5, 0.6) is 0 Å². The van der Waals surface area contributed by atoms with E-state index in [4.69, 9.17) is 5.84 Å². The predicted molar refractivity (Wildman–Crippen MR) is 62.2 cm³/mol. The summed E-state index contributed by atoms with van der Waals surface area (Å²) < 4.78 is 1.31. The molecule has 17 heavy (non-hydrogen) atoms. The third kappa shape index (κ3) is 1.74. The number of hydrogen-bond acceptors (Lipinski definition) is 5. The first-order valence-corrected chi connectivity index (χ1v) is 5.33. The molecule has 1 unspecified atom stereocenters. The summed E-state index contributed by atoms with van der Waals surface area (Å²) in [6.07, 6.45) is 1.06. The average molecular weight is 237 g/mol. The molecule has 0 saturated heterocycles. The maximum absolute atomic E-state index is 12.1. The van der Waals surface area contributed by atoms with Crippen LogP contribution in [0.25, 0.3) is 5.65 Å². The van der Waals surface area contributed by atoms with Crippen molar-refractivity contribution in [3.63, 3.8) is 0 Å². The second-order valence-electron chi connectivity index (χ2n) is 3.79. The largest absolute Gasteiger partial charge is 0.373 e. The van der Waals surface area contributed by atoms with Gasteiger partial charge in [-0.2, -0.15) is 0 Å². The second kappa shape index (κ2) is 4.28. The Balaban J connectivity index is 2.76. The lowest BCUT2D eigenvalue weighted by Gasteiger charge is -2.07. The molecule has 0 aliphatic rings. The fourth-order valence-electron chi connectivity index (χ4n) is 1.87. The van der Waals surface area contributed by atoms with Crippen LogP contribution in [0, 0.1) is 6.92 Å². The molecule has 0 spiro atoms. The SMILES string of the molecule is CCc1c(C)nc2c(C(O)NN)c[nH]n2c1=O. The van der Waals surface area contributed by atoms with E-state index >= 15 is 0 Å². The molecule has 0 aliphatic heterocycles. The van der Waals surface area contributed by atoms with Crippen molar-refractivity contribution in [1.29, 1.82) is 0 Å². The minimum Gasteiger partial charge on any atom is -0.373 e. The molecule has 0 fully saturated rings. The molecule has 2 heterocycles. The number of aromatic nitrogens is 3. The van der Waals surface area contributed by atoms with E-state index in [2.05, 4.69) is 15.5 Å². The van der Waals surface area contributed by atoms with Crippen LogP contribution in [0.2, 0.25) is 0 Å². The van der Waals surface area contributed by atoms with E-state index in [1.807, 2.05) is 6.92 Å². The molecule has 7 heteroatoms. The summed E-state index contributed by atoms with van der Waals surface area (Å²) in [5.74, 6) is 5.16. The van der Waals surface area contributed by atoms with E-state index in [0.717, 1.165) is 0 Å². The summed E-state index contributed by atoms with van der Waals surface area (Å²) in [7, 11) is 0. The van der Waals surface area contributed by atoms with Crippen molar-refractivity contribution in [2.45, 2.75) is 26.5 Å². The first-order chi connectivity index (χ1) is 8.10. The number of rotatable bonds is 3. The Labute approximate surface area is 97.2 Å². The van der Waals surface area contributed by atoms with Gasteiger partial charge in [-0.15, -0.1) is 0 Å². The number of aromatic amines is 1. The molecule has 2 aromatic heterocycles. The lowest BCUT2D eigenvalue weighted by atomic mass is 10.2. The van der Waals surface area contributed by atoms with Gasteiger partial charge < -0.3 is 5.11 Å². The fraction of sp³-hybridized carbons (Fsp3) is 0.400. The van der Waals surface area contributed by atoms with Crippen molar-refractivity contribution in [1.82, 2.24) is 20.0 Å². The van der Waals surface area contributed by atoms with Gasteiger partial charge in [-0.1, -0.05) is 6.92 Å². The van der Waals surface area contributed by atoms with E-state index in [0.29, 0.717) is 28.9 Å². The van der Waals surface area contributed by atoms with Gasteiger partial charge in [-0.25, -0.2) is 14.9 Å². The minimum atomic E-state index is -1.06. The number of nitrogens with two attached hydrogens (primary N) is 1. The van der Waals surface area contributed by atoms with E-state index in [1.54, 1.807) is 6.92 Å². The van der Waals surface area contributed by atoms with E-state index in [-0.39, 0.29) is 5.56 Å². The lowest BCUT2D eigenvalue weighted by molar-refractivity contribution is 0.141. The summed E-state index contributed by atoms with van der Waals surface area (Å²) in [4.78, 5) is 16.4. The molecular formula is C10H15N5O2. The van der Waals surface area contributed by atoms with Gasteiger partial charge in [-0.05, 0) is 13.3 Å². The molecule has 2 aromatic rings. The number of aryl methyl sites for hydroxylation is 1. The van der Waals surface area contributed by atoms with Crippen molar-refractivity contribution in [2.75, 3.05) is 0 Å². The Morgan fingerprint density at radius 1 is 1.71 bits per heavy atom. The van der Waals surface area contributed by atoms with E-state index < -0.39 is 6.23 Å². The van der Waals surface area contributed by atoms with Crippen LogP contribution in [0.1, 0.15) is 30.0 Å². The van der Waals surface area contributed by atoms with Gasteiger partial charge in [0, 0.05) is 17.5 Å². The van der Waals surface area contributed by atoms with Crippen molar-refractivity contribution in [3.8, 4) is 0 Å². The summed E-state index contributed by atoms with van der Waals surface area (Å²) in [6, 6.07) is 0. The number of aliphatic hydroxyl groups is 1. The number of nitrogens with one attached hydrogen (secondary N) is 2. The van der Waals surface area contributed by atoms with Crippen LogP contribution in [0.15, 0.2) is 11.0 Å². The highest BCUT2D eigenvalue weighted by Gasteiger charge is 2.16. The van der Waals surface area contributed by atoms with Crippen LogP contribution in [0.3, 0.4) is 0 Å². The molecule has 0 aromatic carbocycles. The molecule has 0 aliphatic carbocycles. The molecule has 1 atom stereocenters. The third-order valence-corrected chi connectivity index (χ3v) is 2.80. The lowest BCUT2D eigenvalue weighted by Crippen LogP contribution is -2.28. The Morgan fingerprint density at radius 2 is 2.41 bits per heavy atom. The second-order valence-corrected chi connectivity index (χ2v) is 3.79. The fourth-order valence-corrected chi connectivity index (χ4v) is 1.87. The van der Waals surface area contributed by atoms with Crippen LogP contribution in [-0.4, -0.2) is 19.7 Å². The Hall–Kier alpha value is -1.70. The number of H-pyrrole nitrogens is 1. The molecule has 0 amide bonds. The standard InChI is InChI=1S/C10H15N5O2/c1-3-6-5(2)13-8-7(9(16)14-11)4-12-15(8)10(6)17/h4,9,12,14,16H,3,11H2,1-2H3. The molecule has 0 radical (unpaired) electrons. The summed E-state index contributed by atoms with van der Waals surface area (Å²) in [6.45, 7) is 3.68. The minimum absolute atomic E-state index is 0.148.